The van der Waals surface area contributed by atoms with E-state index in [-0.39, 0.29) is 29.9 Å². The summed E-state index contributed by atoms with van der Waals surface area (Å²) in [6.07, 6.45) is 0. The van der Waals surface area contributed by atoms with E-state index in [2.05, 4.69) is 20.9 Å². The minimum absolute atomic E-state index is 0. The van der Waals surface area contributed by atoms with E-state index in [1.54, 1.807) is 0 Å². The maximum absolute atomic E-state index is 12.3. The minimum Gasteiger partial charge on any atom is -0.357 e. The van der Waals surface area contributed by atoms with Gasteiger partial charge in [0.25, 0.3) is 5.91 Å². The fourth-order valence-electron chi connectivity index (χ4n) is 2.61. The molecule has 0 saturated heterocycles. The third kappa shape index (κ3) is 9.77. The number of hydrogen-bond donors (Lipinski definition) is 3. The number of halogens is 2. The molecule has 0 unspecified atom stereocenters. The lowest BCUT2D eigenvalue weighted by Gasteiger charge is -2.12. The van der Waals surface area contributed by atoms with Crippen molar-refractivity contribution in [2.75, 3.05) is 33.7 Å². The Bertz CT molecular complexity index is 811. The topological polar surface area (TPSA) is 68.8 Å². The van der Waals surface area contributed by atoms with Crippen molar-refractivity contribution < 1.29 is 4.79 Å². The van der Waals surface area contributed by atoms with Crippen LogP contribution >= 0.6 is 35.6 Å². The molecule has 0 radical (unpaired) electrons. The van der Waals surface area contributed by atoms with Crippen LogP contribution in [0.15, 0.2) is 53.5 Å². The molecule has 0 aliphatic heterocycles. The maximum atomic E-state index is 12.3. The molecule has 0 bridgehead atoms. The first-order chi connectivity index (χ1) is 14.0. The Morgan fingerprint density at radius 1 is 1.03 bits per heavy atom. The van der Waals surface area contributed by atoms with Crippen LogP contribution in [-0.2, 0) is 13.1 Å². The second kappa shape index (κ2) is 14.2. The predicted octanol–water partition coefficient (Wildman–Crippen LogP) is 3.50. The average Bonchev–Trinajstić information content (AvgIpc) is 2.71. The predicted molar refractivity (Wildman–Crippen MR) is 136 cm³/mol. The van der Waals surface area contributed by atoms with Gasteiger partial charge in [0.05, 0.1) is 6.54 Å². The Hall–Kier alpha value is -1.84. The molecule has 0 fully saturated rings. The van der Waals surface area contributed by atoms with E-state index >= 15 is 0 Å². The van der Waals surface area contributed by atoms with Crippen molar-refractivity contribution in [1.29, 1.82) is 0 Å². The summed E-state index contributed by atoms with van der Waals surface area (Å²) >= 11 is 5.93. The van der Waals surface area contributed by atoms with Gasteiger partial charge < -0.3 is 20.9 Å². The molecule has 0 aliphatic rings. The molecule has 0 atom stereocenters. The highest BCUT2D eigenvalue weighted by Crippen LogP contribution is 2.09. The number of amides is 1. The highest BCUT2D eigenvalue weighted by atomic mass is 127. The Labute approximate surface area is 201 Å². The van der Waals surface area contributed by atoms with Gasteiger partial charge in [-0.05, 0) is 56.4 Å². The molecular formula is C22H31ClIN5O. The van der Waals surface area contributed by atoms with Crippen molar-refractivity contribution in [2.45, 2.75) is 20.0 Å². The third-order valence-corrected chi connectivity index (χ3v) is 4.42. The average molecular weight is 544 g/mol. The zero-order valence-electron chi connectivity index (χ0n) is 17.7. The quantitative estimate of drug-likeness (QED) is 0.257. The van der Waals surface area contributed by atoms with E-state index < -0.39 is 0 Å². The summed E-state index contributed by atoms with van der Waals surface area (Å²) in [5.41, 5.74) is 2.75. The van der Waals surface area contributed by atoms with Gasteiger partial charge in [-0.25, -0.2) is 4.99 Å². The van der Waals surface area contributed by atoms with Crippen molar-refractivity contribution in [3.8, 4) is 0 Å². The number of carbonyl (C=O) groups is 1. The van der Waals surface area contributed by atoms with Crippen LogP contribution in [0.2, 0.25) is 5.02 Å². The van der Waals surface area contributed by atoms with Crippen molar-refractivity contribution >= 4 is 47.4 Å². The Morgan fingerprint density at radius 3 is 2.43 bits per heavy atom. The monoisotopic (exact) mass is 543 g/mol. The SMILES string of the molecule is CCNC(=NCc1cccc(C(=O)NCCN(C)C)c1)NCc1ccc(Cl)cc1.I. The first-order valence-corrected chi connectivity index (χ1v) is 10.1. The van der Waals surface area contributed by atoms with Crippen molar-refractivity contribution in [3.05, 3.63) is 70.2 Å². The number of likely N-dealkylation sites (N-methyl/N-ethyl adjacent to an activating group) is 1. The molecule has 164 valence electrons. The molecule has 0 aromatic heterocycles. The van der Waals surface area contributed by atoms with Gasteiger partial charge in [0, 0.05) is 36.8 Å². The lowest BCUT2D eigenvalue weighted by molar-refractivity contribution is 0.0951. The Balaban J connectivity index is 0.00000450. The van der Waals surface area contributed by atoms with Gasteiger partial charge in [0.1, 0.15) is 0 Å². The van der Waals surface area contributed by atoms with Crippen LogP contribution in [0, 0.1) is 0 Å². The number of hydrogen-bond acceptors (Lipinski definition) is 3. The fourth-order valence-corrected chi connectivity index (χ4v) is 2.73. The molecule has 0 spiro atoms. The summed E-state index contributed by atoms with van der Waals surface area (Å²) in [7, 11) is 3.96. The first kappa shape index (κ1) is 26.2. The van der Waals surface area contributed by atoms with Crippen molar-refractivity contribution in [2.24, 2.45) is 4.99 Å². The lowest BCUT2D eigenvalue weighted by atomic mass is 10.1. The highest BCUT2D eigenvalue weighted by Gasteiger charge is 2.06. The summed E-state index contributed by atoms with van der Waals surface area (Å²) in [6, 6.07) is 15.3. The number of benzene rings is 2. The van der Waals surface area contributed by atoms with Gasteiger partial charge in [-0.1, -0.05) is 35.9 Å². The number of aliphatic imine (C=N–C) groups is 1. The van der Waals surface area contributed by atoms with Crippen LogP contribution in [0.5, 0.6) is 0 Å². The molecular weight excluding hydrogens is 513 g/mol. The number of rotatable bonds is 9. The summed E-state index contributed by atoms with van der Waals surface area (Å²) < 4.78 is 0. The maximum Gasteiger partial charge on any atom is 0.251 e. The third-order valence-electron chi connectivity index (χ3n) is 4.17. The standard InChI is InChI=1S/C22H30ClN5O.HI/c1-4-24-22(26-15-17-8-10-20(23)11-9-17)27-16-18-6-5-7-19(14-18)21(29)25-12-13-28(2)3;/h5-11,14H,4,12-13,15-16H2,1-3H3,(H,25,29)(H2,24,26,27);1H. The van der Waals surface area contributed by atoms with Gasteiger partial charge in [-0.15, -0.1) is 24.0 Å². The zero-order chi connectivity index (χ0) is 21.1. The fraction of sp³-hybridized carbons (Fsp3) is 0.364. The molecule has 0 heterocycles. The molecule has 2 aromatic rings. The van der Waals surface area contributed by atoms with E-state index in [0.717, 1.165) is 35.2 Å². The van der Waals surface area contributed by atoms with E-state index in [0.29, 0.717) is 25.2 Å². The molecule has 0 aliphatic carbocycles. The molecule has 0 saturated carbocycles. The van der Waals surface area contributed by atoms with E-state index in [1.807, 2.05) is 74.4 Å². The van der Waals surface area contributed by atoms with Crippen LogP contribution < -0.4 is 16.0 Å². The molecule has 3 N–H and O–H groups in total. The van der Waals surface area contributed by atoms with Crippen molar-refractivity contribution in [3.63, 3.8) is 0 Å². The molecule has 8 heteroatoms. The summed E-state index contributed by atoms with van der Waals surface area (Å²) in [4.78, 5) is 19.0. The van der Waals surface area contributed by atoms with E-state index in [9.17, 15) is 4.79 Å². The van der Waals surface area contributed by atoms with Gasteiger partial charge in [-0.2, -0.15) is 0 Å². The van der Waals surface area contributed by atoms with Crippen LogP contribution in [0.1, 0.15) is 28.4 Å². The molecule has 30 heavy (non-hydrogen) atoms. The summed E-state index contributed by atoms with van der Waals surface area (Å²) in [6.45, 7) is 5.35. The lowest BCUT2D eigenvalue weighted by Crippen LogP contribution is -2.36. The zero-order valence-corrected chi connectivity index (χ0v) is 20.8. The van der Waals surface area contributed by atoms with Crippen molar-refractivity contribution in [1.82, 2.24) is 20.9 Å². The highest BCUT2D eigenvalue weighted by molar-refractivity contribution is 14.0. The smallest absolute Gasteiger partial charge is 0.251 e. The van der Waals surface area contributed by atoms with Gasteiger partial charge in [-0.3, -0.25) is 4.79 Å². The molecule has 1 amide bonds. The Kier molecular flexibility index (Phi) is 12.4. The first-order valence-electron chi connectivity index (χ1n) is 9.76. The number of nitrogens with zero attached hydrogens (tertiary/aromatic N) is 2. The largest absolute Gasteiger partial charge is 0.357 e. The summed E-state index contributed by atoms with van der Waals surface area (Å²) in [5, 5.41) is 10.2. The van der Waals surface area contributed by atoms with Crippen LogP contribution in [0.25, 0.3) is 0 Å². The van der Waals surface area contributed by atoms with Gasteiger partial charge >= 0.3 is 0 Å². The van der Waals surface area contributed by atoms with Gasteiger partial charge in [0.15, 0.2) is 5.96 Å². The Morgan fingerprint density at radius 2 is 1.77 bits per heavy atom. The van der Waals surface area contributed by atoms with Gasteiger partial charge in [0.2, 0.25) is 0 Å². The second-order valence-corrected chi connectivity index (χ2v) is 7.37. The van der Waals surface area contributed by atoms with E-state index in [4.69, 9.17) is 11.6 Å². The van der Waals surface area contributed by atoms with Crippen LogP contribution in [0.4, 0.5) is 0 Å². The second-order valence-electron chi connectivity index (χ2n) is 6.93. The van der Waals surface area contributed by atoms with Crippen LogP contribution in [-0.4, -0.2) is 50.5 Å². The normalized spacial score (nSPS) is 11.0. The minimum atomic E-state index is -0.0644. The molecule has 6 nitrogen and oxygen atoms in total. The molecule has 2 rings (SSSR count). The molecule has 2 aromatic carbocycles. The van der Waals surface area contributed by atoms with E-state index in [1.165, 1.54) is 0 Å². The summed E-state index contributed by atoms with van der Waals surface area (Å²) in [5.74, 6) is 0.661. The number of carbonyl (C=O) groups excluding carboxylic acids is 1. The number of guanidine groups is 1. The number of nitrogens with one attached hydrogen (secondary N) is 3. The van der Waals surface area contributed by atoms with Crippen LogP contribution in [0.3, 0.4) is 0 Å².